The number of aromatic nitrogens is 3. The molecule has 3 aromatic rings. The van der Waals surface area contributed by atoms with Gasteiger partial charge in [0.15, 0.2) is 5.16 Å². The Morgan fingerprint density at radius 1 is 1.44 bits per heavy atom. The van der Waals surface area contributed by atoms with Crippen molar-refractivity contribution in [3.8, 4) is 0 Å². The van der Waals surface area contributed by atoms with Crippen molar-refractivity contribution in [1.29, 1.82) is 0 Å². The molecule has 0 aliphatic heterocycles. The fraction of sp³-hybridized carbons (Fsp3) is 0.133. The van der Waals surface area contributed by atoms with Gasteiger partial charge >= 0.3 is 0 Å². The predicted molar refractivity (Wildman–Crippen MR) is 93.7 cm³/mol. The van der Waals surface area contributed by atoms with Crippen LogP contribution >= 0.6 is 23.1 Å². The van der Waals surface area contributed by atoms with Crippen LogP contribution in [0.15, 0.2) is 52.1 Å². The van der Waals surface area contributed by atoms with E-state index >= 15 is 0 Å². The van der Waals surface area contributed by atoms with Crippen molar-refractivity contribution in [3.63, 3.8) is 0 Å². The highest BCUT2D eigenvalue weighted by molar-refractivity contribution is 7.99. The summed E-state index contributed by atoms with van der Waals surface area (Å²) in [5.41, 5.74) is 0.0994. The summed E-state index contributed by atoms with van der Waals surface area (Å²) in [6.45, 7) is 0.389. The Labute approximate surface area is 151 Å². The van der Waals surface area contributed by atoms with Gasteiger partial charge < -0.3 is 9.88 Å². The van der Waals surface area contributed by atoms with Gasteiger partial charge in [0.05, 0.1) is 16.4 Å². The van der Waals surface area contributed by atoms with Crippen LogP contribution in [-0.4, -0.2) is 25.6 Å². The topological polar surface area (TPSA) is 103 Å². The van der Waals surface area contributed by atoms with Crippen molar-refractivity contribution in [2.24, 2.45) is 7.05 Å². The maximum absolute atomic E-state index is 12.2. The summed E-state index contributed by atoms with van der Waals surface area (Å²) in [7, 11) is 1.75. The van der Waals surface area contributed by atoms with E-state index in [0.717, 1.165) is 16.6 Å². The minimum atomic E-state index is -0.505. The Balaban J connectivity index is 1.79. The molecule has 0 aliphatic rings. The smallest absolute Gasteiger partial charge is 0.284 e. The fourth-order valence-corrected chi connectivity index (χ4v) is 3.53. The molecule has 3 rings (SSSR count). The Bertz CT molecular complexity index is 908. The highest BCUT2D eigenvalue weighted by Crippen LogP contribution is 2.34. The summed E-state index contributed by atoms with van der Waals surface area (Å²) in [6, 6.07) is 8.21. The van der Waals surface area contributed by atoms with Crippen molar-refractivity contribution in [2.75, 3.05) is 0 Å². The largest absolute Gasteiger partial charge is 0.347 e. The van der Waals surface area contributed by atoms with Crippen molar-refractivity contribution >= 4 is 34.7 Å². The quantitative estimate of drug-likeness (QED) is 0.525. The van der Waals surface area contributed by atoms with Gasteiger partial charge in [-0.3, -0.25) is 14.9 Å². The van der Waals surface area contributed by atoms with Gasteiger partial charge in [-0.15, -0.1) is 21.5 Å². The molecule has 0 saturated carbocycles. The average molecular weight is 375 g/mol. The predicted octanol–water partition coefficient (Wildman–Crippen LogP) is 2.87. The van der Waals surface area contributed by atoms with E-state index in [-0.39, 0.29) is 17.2 Å². The number of hydrogen-bond acceptors (Lipinski definition) is 7. The van der Waals surface area contributed by atoms with Gasteiger partial charge in [-0.2, -0.15) is 0 Å². The molecular formula is C15H13N5O3S2. The van der Waals surface area contributed by atoms with E-state index in [1.807, 2.05) is 17.5 Å². The van der Waals surface area contributed by atoms with Crippen LogP contribution in [0, 0.1) is 10.1 Å². The summed E-state index contributed by atoms with van der Waals surface area (Å²) in [5.74, 6) is -0.355. The van der Waals surface area contributed by atoms with Crippen LogP contribution in [0.2, 0.25) is 0 Å². The van der Waals surface area contributed by atoms with Gasteiger partial charge in [-0.1, -0.05) is 6.07 Å². The first-order valence-corrected chi connectivity index (χ1v) is 8.85. The minimum Gasteiger partial charge on any atom is -0.347 e. The van der Waals surface area contributed by atoms with E-state index in [1.165, 1.54) is 23.7 Å². The Hall–Kier alpha value is -2.72. The van der Waals surface area contributed by atoms with Crippen LogP contribution < -0.4 is 5.32 Å². The molecule has 0 bridgehead atoms. The minimum absolute atomic E-state index is 0.142. The molecule has 10 heteroatoms. The number of hydrogen-bond donors (Lipinski definition) is 1. The average Bonchev–Trinajstić information content (AvgIpc) is 3.25. The lowest BCUT2D eigenvalue weighted by Crippen LogP contribution is -2.22. The number of aryl methyl sites for hydroxylation is 1. The molecule has 25 heavy (non-hydrogen) atoms. The number of nitrogens with one attached hydrogen (secondary N) is 1. The van der Waals surface area contributed by atoms with E-state index in [0.29, 0.717) is 16.6 Å². The molecule has 1 aromatic carbocycles. The van der Waals surface area contributed by atoms with Crippen LogP contribution in [0.1, 0.15) is 15.2 Å². The van der Waals surface area contributed by atoms with Crippen LogP contribution in [0.3, 0.4) is 0 Å². The lowest BCUT2D eigenvalue weighted by atomic mass is 10.2. The molecule has 0 aliphatic carbocycles. The monoisotopic (exact) mass is 375 g/mol. The summed E-state index contributed by atoms with van der Waals surface area (Å²) >= 11 is 2.66. The molecule has 2 aromatic heterocycles. The van der Waals surface area contributed by atoms with Crippen LogP contribution in [0.5, 0.6) is 0 Å². The molecule has 1 N–H and O–H groups in total. The third-order valence-electron chi connectivity index (χ3n) is 3.29. The molecule has 1 amide bonds. The van der Waals surface area contributed by atoms with Gasteiger partial charge in [-0.25, -0.2) is 0 Å². The molecule has 0 atom stereocenters. The molecule has 0 unspecified atom stereocenters. The zero-order chi connectivity index (χ0) is 17.8. The Kier molecular flexibility index (Phi) is 5.10. The van der Waals surface area contributed by atoms with Gasteiger partial charge in [0.1, 0.15) is 6.33 Å². The number of rotatable bonds is 6. The molecule has 2 heterocycles. The molecule has 0 radical (unpaired) electrons. The number of nitrogens with zero attached hydrogens (tertiary/aromatic N) is 4. The van der Waals surface area contributed by atoms with Crippen molar-refractivity contribution in [3.05, 3.63) is 62.6 Å². The van der Waals surface area contributed by atoms with Crippen molar-refractivity contribution < 1.29 is 9.72 Å². The standard InChI is InChI=1S/C15H13N5O3S2/c1-19-9-17-18-15(19)25-13-5-4-10(7-12(13)20(22)23)14(21)16-8-11-3-2-6-24-11/h2-7,9H,8H2,1H3,(H,16,21). The summed E-state index contributed by atoms with van der Waals surface area (Å²) < 4.78 is 1.66. The third-order valence-corrected chi connectivity index (χ3v) is 5.29. The maximum atomic E-state index is 12.2. The maximum Gasteiger partial charge on any atom is 0.284 e. The lowest BCUT2D eigenvalue weighted by molar-refractivity contribution is -0.387. The summed E-state index contributed by atoms with van der Waals surface area (Å²) in [4.78, 5) is 24.5. The van der Waals surface area contributed by atoms with E-state index in [1.54, 1.807) is 23.7 Å². The fourth-order valence-electron chi connectivity index (χ4n) is 2.03. The third kappa shape index (κ3) is 4.03. The zero-order valence-corrected chi connectivity index (χ0v) is 14.7. The Morgan fingerprint density at radius 3 is 2.92 bits per heavy atom. The SMILES string of the molecule is Cn1cnnc1Sc1ccc(C(=O)NCc2cccs2)cc1[N+](=O)[O-]. The number of carbonyl (C=O) groups excluding carboxylic acids is 1. The second-order valence-electron chi connectivity index (χ2n) is 5.03. The number of benzene rings is 1. The molecule has 0 fully saturated rings. The molecule has 8 nitrogen and oxygen atoms in total. The second-order valence-corrected chi connectivity index (χ2v) is 7.07. The van der Waals surface area contributed by atoms with Gasteiger partial charge in [0.25, 0.3) is 11.6 Å². The lowest BCUT2D eigenvalue weighted by Gasteiger charge is -2.06. The number of carbonyl (C=O) groups is 1. The number of thiophene rings is 1. The first kappa shape index (κ1) is 17.1. The summed E-state index contributed by atoms with van der Waals surface area (Å²) in [6.07, 6.45) is 1.51. The molecule has 128 valence electrons. The van der Waals surface area contributed by atoms with Crippen LogP contribution in [-0.2, 0) is 13.6 Å². The highest BCUT2D eigenvalue weighted by Gasteiger charge is 2.20. The van der Waals surface area contributed by atoms with E-state index in [9.17, 15) is 14.9 Å². The first-order chi connectivity index (χ1) is 12.0. The van der Waals surface area contributed by atoms with E-state index in [2.05, 4.69) is 15.5 Å². The first-order valence-electron chi connectivity index (χ1n) is 7.15. The van der Waals surface area contributed by atoms with Crippen molar-refractivity contribution in [2.45, 2.75) is 16.6 Å². The van der Waals surface area contributed by atoms with Gasteiger partial charge in [0.2, 0.25) is 0 Å². The van der Waals surface area contributed by atoms with Gasteiger partial charge in [-0.05, 0) is 35.3 Å². The number of nitro groups is 1. The summed E-state index contributed by atoms with van der Waals surface area (Å²) in [5, 5.41) is 24.2. The molecule has 0 spiro atoms. The number of amides is 1. The van der Waals surface area contributed by atoms with Gasteiger partial charge in [0, 0.05) is 23.6 Å². The van der Waals surface area contributed by atoms with Crippen molar-refractivity contribution in [1.82, 2.24) is 20.1 Å². The molecule has 0 saturated heterocycles. The van der Waals surface area contributed by atoms with E-state index < -0.39 is 4.92 Å². The highest BCUT2D eigenvalue weighted by atomic mass is 32.2. The Morgan fingerprint density at radius 2 is 2.28 bits per heavy atom. The molecular weight excluding hydrogens is 362 g/mol. The zero-order valence-electron chi connectivity index (χ0n) is 13.1. The number of nitro benzene ring substituents is 1. The van der Waals surface area contributed by atoms with Crippen LogP contribution in [0.4, 0.5) is 5.69 Å². The van der Waals surface area contributed by atoms with E-state index in [4.69, 9.17) is 0 Å². The normalized spacial score (nSPS) is 10.6. The second kappa shape index (κ2) is 7.45. The van der Waals surface area contributed by atoms with Crippen LogP contribution in [0.25, 0.3) is 0 Å².